The lowest BCUT2D eigenvalue weighted by Gasteiger charge is -2.47. The quantitative estimate of drug-likeness (QED) is 0.171. The van der Waals surface area contributed by atoms with Crippen molar-refractivity contribution < 1.29 is 103 Å². The number of amides is 12. The zero-order valence-corrected chi connectivity index (χ0v) is 65.5. The number of alkyl halides is 8. The molecule has 12 atom stereocenters. The van der Waals surface area contributed by atoms with Crippen LogP contribution in [0.3, 0.4) is 0 Å². The molecule has 110 heavy (non-hydrogen) atoms. The number of rotatable bonds is 12. The third-order valence-electron chi connectivity index (χ3n) is 25.0. The number of hydrogen-bond acceptors (Lipinski definition) is 14. The van der Waals surface area contributed by atoms with Crippen molar-refractivity contribution in [3.05, 3.63) is 0 Å². The van der Waals surface area contributed by atoms with Gasteiger partial charge >= 0.3 is 12.4 Å². The first-order valence-electron chi connectivity index (χ1n) is 39.8. The largest absolute Gasteiger partial charge is 0.397 e. The van der Waals surface area contributed by atoms with Crippen LogP contribution in [0.1, 0.15) is 189 Å². The van der Waals surface area contributed by atoms with Crippen LogP contribution in [0.25, 0.3) is 0 Å². The maximum absolute atomic E-state index is 15.9. The first kappa shape index (κ1) is 88.6. The lowest BCUT2D eigenvalue weighted by atomic mass is 9.74. The fourth-order valence-electron chi connectivity index (χ4n) is 18.0. The summed E-state index contributed by atoms with van der Waals surface area (Å²) in [6, 6.07) is -11.7. The van der Waals surface area contributed by atoms with Gasteiger partial charge in [-0.2, -0.15) is 26.3 Å². The summed E-state index contributed by atoms with van der Waals surface area (Å²) in [5.74, 6) is -17.3. The molecule has 4 saturated heterocycles. The van der Waals surface area contributed by atoms with Crippen LogP contribution < -0.4 is 16.0 Å². The third kappa shape index (κ3) is 21.1. The van der Waals surface area contributed by atoms with E-state index in [9.17, 15) is 45.8 Å². The molecule has 8 rings (SSSR count). The van der Waals surface area contributed by atoms with Crippen LogP contribution in [0.15, 0.2) is 0 Å². The van der Waals surface area contributed by atoms with Crippen molar-refractivity contribution >= 4 is 70.9 Å². The number of hydrogen-bond donors (Lipinski definition) is 4. The van der Waals surface area contributed by atoms with Crippen LogP contribution in [0.2, 0.25) is 0 Å². The second-order valence-corrected chi connectivity index (χ2v) is 32.9. The molecule has 26 nitrogen and oxygen atoms in total. The molecular weight excluding hydrogens is 1460 g/mol. The highest BCUT2D eigenvalue weighted by atomic mass is 19.4. The van der Waals surface area contributed by atoms with E-state index in [1.807, 2.05) is 13.8 Å². The number of likely N-dealkylation sites (N-methyl/N-ethyl adjacent to an activating group) is 6. The Bertz CT molecular complexity index is 3250. The maximum atomic E-state index is 15.9. The number of carbonyl (C=O) groups excluding carboxylic acids is 12. The van der Waals surface area contributed by atoms with Gasteiger partial charge in [0.15, 0.2) is 0 Å². The number of nitrogens with zero attached hydrogens (tertiary/aromatic N) is 9. The third-order valence-corrected chi connectivity index (χ3v) is 25.0. The maximum Gasteiger partial charge on any atom is 0.397 e. The zero-order chi connectivity index (χ0) is 81.2. The summed E-state index contributed by atoms with van der Waals surface area (Å²) in [6.07, 6.45) is -16.6. The minimum Gasteiger partial charge on any atom is -0.390 e. The van der Waals surface area contributed by atoms with Crippen LogP contribution in [0, 0.1) is 41.4 Å². The normalized spacial score (nSPS) is 32.3. The predicted molar refractivity (Wildman–Crippen MR) is 385 cm³/mol. The van der Waals surface area contributed by atoms with E-state index >= 15 is 51.9 Å². The SMILES string of the molecule is CC[C@H](C)[C@@H]1NC(=O)[C@H](CC(C)C)N(C)C(=O)C[C@@H](C(=O)N2CCOCC2)N(CC)C(=O)[C@H](C2CCCC2)N(C)C(=O)C2(CCC2)NC(=O)[C@@H]2[C@H](O)CCN2C(=O)[C@H](CCC2CC(F)C(C(F)(F)F)C(F)C2)NC(=O)CN(C)C(=O)[C@H](CC2CCC(C(F)(F)F)CC2)N2CCCCC[C@@H](C2=O)N(C)C(=O)CN(C)C1=O. The molecule has 4 heterocycles. The van der Waals surface area contributed by atoms with Gasteiger partial charge in [-0.1, -0.05) is 59.8 Å². The molecule has 0 aromatic carbocycles. The molecule has 4 aliphatic carbocycles. The number of halogens is 8. The van der Waals surface area contributed by atoms with Gasteiger partial charge in [0, 0.05) is 68.0 Å². The molecule has 0 aromatic heterocycles. The van der Waals surface area contributed by atoms with Crippen LogP contribution in [-0.4, -0.2) is 299 Å². The lowest BCUT2D eigenvalue weighted by Crippen LogP contribution is -2.69. The van der Waals surface area contributed by atoms with Gasteiger partial charge in [-0.3, -0.25) is 57.5 Å². The smallest absolute Gasteiger partial charge is 0.390 e. The summed E-state index contributed by atoms with van der Waals surface area (Å²) in [4.78, 5) is 193. The monoisotopic (exact) mass is 1570 g/mol. The van der Waals surface area contributed by atoms with Gasteiger partial charge in [-0.25, -0.2) is 8.78 Å². The van der Waals surface area contributed by atoms with Crippen molar-refractivity contribution in [3.63, 3.8) is 0 Å². The van der Waals surface area contributed by atoms with E-state index in [1.54, 1.807) is 20.8 Å². The Labute approximate surface area is 640 Å². The van der Waals surface area contributed by atoms with E-state index in [1.165, 1.54) is 59.7 Å². The van der Waals surface area contributed by atoms with E-state index in [4.69, 9.17) is 4.74 Å². The summed E-state index contributed by atoms with van der Waals surface area (Å²) in [7, 11) is 6.68. The highest BCUT2D eigenvalue weighted by Gasteiger charge is 2.57. The summed E-state index contributed by atoms with van der Waals surface area (Å²) in [6.45, 7) is 7.10. The van der Waals surface area contributed by atoms with Crippen molar-refractivity contribution in [2.45, 2.75) is 273 Å². The molecule has 0 radical (unpaired) electrons. The number of nitrogens with one attached hydrogen (secondary N) is 3. The molecular formula is C76H118F8N12O14. The number of fused-ring (bicyclic) bond motifs is 3. The summed E-state index contributed by atoms with van der Waals surface area (Å²) in [5, 5.41) is 20.0. The van der Waals surface area contributed by atoms with E-state index < -0.39 is 230 Å². The van der Waals surface area contributed by atoms with E-state index in [2.05, 4.69) is 16.0 Å². The van der Waals surface area contributed by atoms with Gasteiger partial charge in [-0.05, 0) is 152 Å². The Balaban J connectivity index is 1.20. The van der Waals surface area contributed by atoms with Crippen molar-refractivity contribution in [1.82, 2.24) is 60.0 Å². The Morgan fingerprint density at radius 2 is 1.22 bits per heavy atom. The van der Waals surface area contributed by atoms with Crippen LogP contribution in [-0.2, 0) is 62.3 Å². The highest BCUT2D eigenvalue weighted by molar-refractivity contribution is 6.01. The summed E-state index contributed by atoms with van der Waals surface area (Å²) >= 11 is 0. The van der Waals surface area contributed by atoms with Gasteiger partial charge in [0.2, 0.25) is 70.9 Å². The molecule has 8 aliphatic rings. The summed E-state index contributed by atoms with van der Waals surface area (Å²) < 4.78 is 121. The molecule has 2 bridgehead atoms. The molecule has 34 heteroatoms. The van der Waals surface area contributed by atoms with Gasteiger partial charge in [0.05, 0.1) is 44.7 Å². The van der Waals surface area contributed by atoms with Gasteiger partial charge in [0.1, 0.15) is 72.1 Å². The Kier molecular flexibility index (Phi) is 30.8. The minimum atomic E-state index is -5.23. The van der Waals surface area contributed by atoms with Gasteiger partial charge in [0.25, 0.3) is 0 Å². The minimum absolute atomic E-state index is 0.00169. The number of morpholine rings is 1. The fourth-order valence-corrected chi connectivity index (χ4v) is 18.0. The van der Waals surface area contributed by atoms with Crippen LogP contribution in [0.4, 0.5) is 35.1 Å². The number of carbonyl (C=O) groups is 12. The Morgan fingerprint density at radius 3 is 1.79 bits per heavy atom. The fraction of sp³-hybridized carbons (Fsp3) is 0.842. The molecule has 0 aromatic rings. The lowest BCUT2D eigenvalue weighted by molar-refractivity contribution is -0.219. The van der Waals surface area contributed by atoms with E-state index in [-0.39, 0.29) is 122 Å². The number of ether oxygens (including phenoxy) is 1. The summed E-state index contributed by atoms with van der Waals surface area (Å²) in [5.41, 5.74) is -1.77. The molecule has 8 fully saturated rings. The standard InChI is InChI=1S/C76H118F8N12O14/c1-11-45(5)62-71(107)89(7)43-60(100)90(8)53-21-14-13-17-31-95(70(53)106)55(40-46-22-25-49(26-23-46)75(79,80)81)68(104)88(6)42-58(98)85-52(27-24-47-38-50(77)61(51(78)39-47)76(82,83)84)67(103)96-32-28-57(97)64(96)66(102)87-74(29-18-30-74)73(109)92(10)63(48-19-15-16-20-48)72(108)94(12-2)56(69(105)93-33-35-110-36-34-93)41-59(99)91(9)54(37-44(3)4)65(101)86-62/h44-57,61-64,97H,11-43H2,1-10H3,(H,85,98)(H,86,101)(H,87,102)/t45-,46?,47?,49?,50?,51?,52-,53-,54-,55-,56-,57+,61?,62-,63-,64-/m0/s1. The zero-order valence-electron chi connectivity index (χ0n) is 65.5. The topological polar surface area (TPSA) is 300 Å². The first-order valence-corrected chi connectivity index (χ1v) is 39.8. The second kappa shape index (κ2) is 38.2. The van der Waals surface area contributed by atoms with E-state index in [0.717, 1.165) is 19.6 Å². The molecule has 1 spiro atoms. The van der Waals surface area contributed by atoms with Crippen LogP contribution >= 0.6 is 0 Å². The van der Waals surface area contributed by atoms with Crippen molar-refractivity contribution in [1.29, 1.82) is 0 Å². The van der Waals surface area contributed by atoms with Gasteiger partial charge in [-0.15, -0.1) is 0 Å². The molecule has 2 unspecified atom stereocenters. The predicted octanol–water partition coefficient (Wildman–Crippen LogP) is 5.69. The molecule has 622 valence electrons. The van der Waals surface area contributed by atoms with Gasteiger partial charge < -0.3 is 69.9 Å². The number of aliphatic hydroxyl groups excluding tert-OH is 1. The number of aliphatic hydroxyl groups is 1. The molecule has 4 saturated carbocycles. The van der Waals surface area contributed by atoms with Crippen molar-refractivity contribution in [3.8, 4) is 0 Å². The van der Waals surface area contributed by atoms with Crippen LogP contribution in [0.5, 0.6) is 0 Å². The highest BCUT2D eigenvalue weighted by Crippen LogP contribution is 2.46. The Hall–Kier alpha value is -7.00. The molecule has 12 amide bonds. The average molecular weight is 1580 g/mol. The van der Waals surface area contributed by atoms with Crippen molar-refractivity contribution in [2.75, 3.05) is 94.3 Å². The van der Waals surface area contributed by atoms with Crippen molar-refractivity contribution in [2.24, 2.45) is 41.4 Å². The second-order valence-electron chi connectivity index (χ2n) is 32.9. The molecule has 4 aliphatic heterocycles. The molecule has 4 N–H and O–H groups in total. The average Bonchev–Trinajstić information content (AvgIpc) is 1.14. The Morgan fingerprint density at radius 1 is 0.600 bits per heavy atom. The van der Waals surface area contributed by atoms with E-state index in [0.29, 0.717) is 57.8 Å². The first-order chi connectivity index (χ1) is 51.7.